The lowest BCUT2D eigenvalue weighted by Gasteiger charge is -2.16. The number of benzene rings is 1. The van der Waals surface area contributed by atoms with Crippen molar-refractivity contribution in [1.29, 1.82) is 0 Å². The molecule has 1 aliphatic rings. The molecule has 2 heterocycles. The molecule has 0 amide bonds. The lowest BCUT2D eigenvalue weighted by atomic mass is 10.0. The van der Waals surface area contributed by atoms with E-state index in [1.165, 1.54) is 16.0 Å². The fourth-order valence-electron chi connectivity index (χ4n) is 2.55. The van der Waals surface area contributed by atoms with Gasteiger partial charge in [-0.05, 0) is 36.1 Å². The summed E-state index contributed by atoms with van der Waals surface area (Å²) in [6, 6.07) is 12.6. The topological polar surface area (TPSA) is 33.1 Å². The summed E-state index contributed by atoms with van der Waals surface area (Å²) in [5.41, 5.74) is 3.58. The molecule has 0 radical (unpaired) electrons. The second-order valence-electron chi connectivity index (χ2n) is 5.25. The van der Waals surface area contributed by atoms with E-state index in [1.807, 2.05) is 12.3 Å². The molecule has 2 nitrogen and oxygen atoms in total. The fraction of sp³-hybridized carbons (Fsp3) is 0.353. The maximum atomic E-state index is 10.4. The van der Waals surface area contributed by atoms with E-state index in [9.17, 15) is 5.11 Å². The minimum atomic E-state index is -0.340. The fourth-order valence-corrected chi connectivity index (χ4v) is 3.86. The van der Waals surface area contributed by atoms with Gasteiger partial charge in [-0.15, -0.1) is 11.8 Å². The number of pyridine rings is 1. The third kappa shape index (κ3) is 2.89. The quantitative estimate of drug-likeness (QED) is 0.936. The number of aliphatic hydroxyl groups is 1. The Hall–Kier alpha value is -1.32. The first-order chi connectivity index (χ1) is 9.76. The van der Waals surface area contributed by atoms with Crippen LogP contribution in [0.2, 0.25) is 0 Å². The van der Waals surface area contributed by atoms with Gasteiger partial charge in [-0.3, -0.25) is 4.98 Å². The van der Waals surface area contributed by atoms with Crippen LogP contribution in [0.1, 0.15) is 23.7 Å². The number of rotatable bonds is 4. The van der Waals surface area contributed by atoms with Crippen molar-refractivity contribution in [2.45, 2.75) is 42.4 Å². The third-order valence-corrected chi connectivity index (χ3v) is 5.25. The van der Waals surface area contributed by atoms with Gasteiger partial charge in [0.1, 0.15) is 0 Å². The molecule has 3 rings (SSSR count). The first-order valence-electron chi connectivity index (χ1n) is 7.12. The molecular weight excluding hydrogens is 266 g/mol. The summed E-state index contributed by atoms with van der Waals surface area (Å²) >= 11 is 1.79. The molecule has 1 N–H and O–H groups in total. The molecule has 0 fully saturated rings. The van der Waals surface area contributed by atoms with E-state index in [1.54, 1.807) is 11.8 Å². The highest BCUT2D eigenvalue weighted by Crippen LogP contribution is 2.38. The number of fused-ring (bicyclic) bond motifs is 1. The van der Waals surface area contributed by atoms with Crippen molar-refractivity contribution in [2.24, 2.45) is 0 Å². The van der Waals surface area contributed by atoms with Crippen molar-refractivity contribution in [2.75, 3.05) is 0 Å². The second-order valence-corrected chi connectivity index (χ2v) is 6.53. The highest BCUT2D eigenvalue weighted by atomic mass is 32.2. The number of thioether (sulfide) groups is 1. The van der Waals surface area contributed by atoms with Crippen LogP contribution in [0.3, 0.4) is 0 Å². The Morgan fingerprint density at radius 3 is 2.85 bits per heavy atom. The molecule has 1 aromatic carbocycles. The Morgan fingerprint density at radius 1 is 1.30 bits per heavy atom. The van der Waals surface area contributed by atoms with E-state index in [-0.39, 0.29) is 11.4 Å². The van der Waals surface area contributed by atoms with Gasteiger partial charge in [0.15, 0.2) is 0 Å². The molecule has 0 aliphatic carbocycles. The van der Waals surface area contributed by atoms with E-state index in [2.05, 4.69) is 42.2 Å². The van der Waals surface area contributed by atoms with Crippen LogP contribution >= 0.6 is 11.8 Å². The number of hydrogen-bond donors (Lipinski definition) is 1. The lowest BCUT2D eigenvalue weighted by molar-refractivity contribution is 0.171. The van der Waals surface area contributed by atoms with Gasteiger partial charge < -0.3 is 5.11 Å². The molecule has 1 aliphatic heterocycles. The zero-order chi connectivity index (χ0) is 13.9. The first-order valence-corrected chi connectivity index (χ1v) is 8.00. The van der Waals surface area contributed by atoms with Crippen LogP contribution in [-0.2, 0) is 19.3 Å². The molecular formula is C17H19NOS. The van der Waals surface area contributed by atoms with Crippen molar-refractivity contribution in [3.05, 3.63) is 59.4 Å². The summed E-state index contributed by atoms with van der Waals surface area (Å²) in [6.07, 6.45) is 4.17. The van der Waals surface area contributed by atoms with Crippen LogP contribution in [0.15, 0.2) is 47.5 Å². The summed E-state index contributed by atoms with van der Waals surface area (Å²) in [5, 5.41) is 10.7. The molecule has 0 saturated heterocycles. The largest absolute Gasteiger partial charge is 0.392 e. The minimum Gasteiger partial charge on any atom is -0.392 e. The molecule has 0 saturated carbocycles. The van der Waals surface area contributed by atoms with E-state index < -0.39 is 0 Å². The zero-order valence-electron chi connectivity index (χ0n) is 11.6. The Labute approximate surface area is 124 Å². The molecule has 2 aromatic rings. The highest BCUT2D eigenvalue weighted by molar-refractivity contribution is 8.00. The highest BCUT2D eigenvalue weighted by Gasteiger charge is 2.28. The number of hydrogen-bond acceptors (Lipinski definition) is 3. The summed E-state index contributed by atoms with van der Waals surface area (Å²) < 4.78 is 0. The monoisotopic (exact) mass is 285 g/mol. The Kier molecular flexibility index (Phi) is 4.08. The maximum absolute atomic E-state index is 10.4. The summed E-state index contributed by atoms with van der Waals surface area (Å²) in [7, 11) is 0. The molecule has 2 unspecified atom stereocenters. The predicted octanol–water partition coefficient (Wildman–Crippen LogP) is 3.26. The molecule has 1 aromatic heterocycles. The van der Waals surface area contributed by atoms with Crippen LogP contribution in [-0.4, -0.2) is 21.4 Å². The van der Waals surface area contributed by atoms with Gasteiger partial charge in [0, 0.05) is 28.5 Å². The van der Waals surface area contributed by atoms with Gasteiger partial charge in [-0.2, -0.15) is 0 Å². The number of nitrogens with zero attached hydrogens (tertiary/aromatic N) is 1. The summed E-state index contributed by atoms with van der Waals surface area (Å²) in [5.74, 6) is 0. The first kappa shape index (κ1) is 13.7. The predicted molar refractivity (Wildman–Crippen MR) is 83.1 cm³/mol. The van der Waals surface area contributed by atoms with Crippen molar-refractivity contribution >= 4 is 11.8 Å². The van der Waals surface area contributed by atoms with Gasteiger partial charge in [0.2, 0.25) is 0 Å². The molecule has 2 atom stereocenters. The molecule has 0 spiro atoms. The van der Waals surface area contributed by atoms with Crippen molar-refractivity contribution in [1.82, 2.24) is 4.98 Å². The second kappa shape index (κ2) is 5.98. The third-order valence-electron chi connectivity index (χ3n) is 3.81. The normalized spacial score (nSPS) is 18.8. The van der Waals surface area contributed by atoms with Gasteiger partial charge in [-0.1, -0.05) is 31.2 Å². The lowest BCUT2D eigenvalue weighted by Crippen LogP contribution is -2.25. The van der Waals surface area contributed by atoms with Crippen LogP contribution in [0.4, 0.5) is 0 Å². The standard InChI is InChI=1S/C17H19NOS/c1-2-12-7-8-14(18-11-12)10-15(19)17-9-13-5-3-4-6-16(13)20-17/h3-8,11,15,17,19H,2,9-10H2,1H3. The van der Waals surface area contributed by atoms with Crippen molar-refractivity contribution in [3.8, 4) is 0 Å². The van der Waals surface area contributed by atoms with E-state index >= 15 is 0 Å². The average Bonchev–Trinajstić information content (AvgIpc) is 2.92. The van der Waals surface area contributed by atoms with Gasteiger partial charge in [0.05, 0.1) is 6.10 Å². The maximum Gasteiger partial charge on any atom is 0.0720 e. The minimum absolute atomic E-state index is 0.250. The van der Waals surface area contributed by atoms with Crippen LogP contribution in [0, 0.1) is 0 Å². The van der Waals surface area contributed by atoms with Gasteiger partial charge in [0.25, 0.3) is 0 Å². The molecule has 104 valence electrons. The molecule has 20 heavy (non-hydrogen) atoms. The Bertz CT molecular complexity index is 557. The summed E-state index contributed by atoms with van der Waals surface area (Å²) in [6.45, 7) is 2.12. The number of aromatic nitrogens is 1. The Balaban J connectivity index is 1.64. The number of aliphatic hydroxyl groups excluding tert-OH is 1. The van der Waals surface area contributed by atoms with Crippen molar-refractivity contribution in [3.63, 3.8) is 0 Å². The SMILES string of the molecule is CCc1ccc(CC(O)C2Cc3ccccc3S2)nc1. The van der Waals surface area contributed by atoms with Crippen molar-refractivity contribution < 1.29 is 5.11 Å². The molecule has 0 bridgehead atoms. The van der Waals surface area contributed by atoms with Crippen LogP contribution in [0.25, 0.3) is 0 Å². The smallest absolute Gasteiger partial charge is 0.0720 e. The molecule has 3 heteroatoms. The van der Waals surface area contributed by atoms with E-state index in [0.29, 0.717) is 6.42 Å². The van der Waals surface area contributed by atoms with Gasteiger partial charge in [-0.25, -0.2) is 0 Å². The van der Waals surface area contributed by atoms with Crippen LogP contribution < -0.4 is 0 Å². The van der Waals surface area contributed by atoms with E-state index in [0.717, 1.165) is 18.5 Å². The van der Waals surface area contributed by atoms with Gasteiger partial charge >= 0.3 is 0 Å². The summed E-state index contributed by atoms with van der Waals surface area (Å²) in [4.78, 5) is 5.75. The van der Waals surface area contributed by atoms with Crippen LogP contribution in [0.5, 0.6) is 0 Å². The van der Waals surface area contributed by atoms with E-state index in [4.69, 9.17) is 0 Å². The average molecular weight is 285 g/mol. The Morgan fingerprint density at radius 2 is 2.15 bits per heavy atom. The zero-order valence-corrected chi connectivity index (χ0v) is 12.4. The number of aryl methyl sites for hydroxylation is 1.